The Bertz CT molecular complexity index is 759. The zero-order valence-corrected chi connectivity index (χ0v) is 13.7. The monoisotopic (exact) mass is 345 g/mol. The molecule has 2 aliphatic rings. The Hall–Kier alpha value is -2.74. The number of aliphatic hydroxyl groups excluding tert-OH is 1. The van der Waals surface area contributed by atoms with Gasteiger partial charge in [0.05, 0.1) is 6.10 Å². The predicted molar refractivity (Wildman–Crippen MR) is 86.5 cm³/mol. The third-order valence-corrected chi connectivity index (χ3v) is 4.34. The molecular weight excluding hydrogens is 326 g/mol. The first-order valence-corrected chi connectivity index (χ1v) is 8.10. The first-order valence-electron chi connectivity index (χ1n) is 8.10. The van der Waals surface area contributed by atoms with Gasteiger partial charge < -0.3 is 15.3 Å². The Morgan fingerprint density at radius 3 is 2.84 bits per heavy atom. The number of aliphatic hydroxyl groups is 1. The van der Waals surface area contributed by atoms with Crippen LogP contribution in [-0.4, -0.2) is 52.3 Å². The summed E-state index contributed by atoms with van der Waals surface area (Å²) in [4.78, 5) is 49.3. The van der Waals surface area contributed by atoms with Gasteiger partial charge in [-0.3, -0.25) is 24.5 Å². The SMILES string of the molecule is CC(O)CNC(=O)c1ccc2c(c1)CN(C1CCC(=O)NC1=O)C2=O. The number of piperidine rings is 1. The van der Waals surface area contributed by atoms with E-state index in [9.17, 15) is 24.3 Å². The fourth-order valence-electron chi connectivity index (χ4n) is 3.06. The van der Waals surface area contributed by atoms with Crippen LogP contribution in [0.15, 0.2) is 18.2 Å². The summed E-state index contributed by atoms with van der Waals surface area (Å²) in [6.45, 7) is 1.93. The maximum absolute atomic E-state index is 12.5. The molecule has 8 heteroatoms. The Balaban J connectivity index is 1.76. The van der Waals surface area contributed by atoms with Crippen LogP contribution in [0.3, 0.4) is 0 Å². The van der Waals surface area contributed by atoms with Crippen molar-refractivity contribution in [2.45, 2.75) is 38.5 Å². The smallest absolute Gasteiger partial charge is 0.255 e. The van der Waals surface area contributed by atoms with E-state index in [-0.39, 0.29) is 37.2 Å². The fraction of sp³-hybridized carbons (Fsp3) is 0.412. The fourth-order valence-corrected chi connectivity index (χ4v) is 3.06. The van der Waals surface area contributed by atoms with Gasteiger partial charge in [0.1, 0.15) is 6.04 Å². The Labute approximate surface area is 144 Å². The van der Waals surface area contributed by atoms with E-state index >= 15 is 0 Å². The molecule has 25 heavy (non-hydrogen) atoms. The number of amides is 4. The highest BCUT2D eigenvalue weighted by Crippen LogP contribution is 2.28. The van der Waals surface area contributed by atoms with Crippen LogP contribution in [0.4, 0.5) is 0 Å². The first kappa shape index (κ1) is 17.1. The third-order valence-electron chi connectivity index (χ3n) is 4.34. The van der Waals surface area contributed by atoms with Crippen LogP contribution in [0.1, 0.15) is 46.0 Å². The molecule has 2 heterocycles. The number of carbonyl (C=O) groups excluding carboxylic acids is 4. The highest BCUT2D eigenvalue weighted by atomic mass is 16.3. The van der Waals surface area contributed by atoms with Crippen molar-refractivity contribution >= 4 is 23.6 Å². The van der Waals surface area contributed by atoms with E-state index in [1.807, 2.05) is 0 Å². The number of imide groups is 1. The van der Waals surface area contributed by atoms with Crippen LogP contribution in [0.2, 0.25) is 0 Å². The summed E-state index contributed by atoms with van der Waals surface area (Å²) in [6.07, 6.45) is -0.154. The van der Waals surface area contributed by atoms with E-state index in [1.54, 1.807) is 25.1 Å². The molecule has 8 nitrogen and oxygen atoms in total. The molecule has 1 saturated heterocycles. The molecule has 2 aliphatic heterocycles. The second-order valence-electron chi connectivity index (χ2n) is 6.33. The number of carbonyl (C=O) groups is 4. The Kier molecular flexibility index (Phi) is 4.54. The number of rotatable bonds is 4. The number of nitrogens with zero attached hydrogens (tertiary/aromatic N) is 1. The second kappa shape index (κ2) is 6.64. The molecule has 3 rings (SSSR count). The maximum Gasteiger partial charge on any atom is 0.255 e. The van der Waals surface area contributed by atoms with Crippen molar-refractivity contribution in [3.05, 3.63) is 34.9 Å². The number of nitrogens with one attached hydrogen (secondary N) is 2. The van der Waals surface area contributed by atoms with Crippen molar-refractivity contribution in [2.24, 2.45) is 0 Å². The van der Waals surface area contributed by atoms with Gasteiger partial charge in [-0.1, -0.05) is 0 Å². The molecule has 1 fully saturated rings. The zero-order chi connectivity index (χ0) is 18.1. The molecule has 2 unspecified atom stereocenters. The van der Waals surface area contributed by atoms with Gasteiger partial charge in [0.2, 0.25) is 11.8 Å². The molecule has 0 radical (unpaired) electrons. The minimum Gasteiger partial charge on any atom is -0.392 e. The zero-order valence-electron chi connectivity index (χ0n) is 13.7. The normalized spacial score (nSPS) is 21.0. The van der Waals surface area contributed by atoms with Crippen LogP contribution in [-0.2, 0) is 16.1 Å². The minimum atomic E-state index is -0.676. The minimum absolute atomic E-state index is 0.136. The lowest BCUT2D eigenvalue weighted by Gasteiger charge is -2.29. The van der Waals surface area contributed by atoms with Crippen molar-refractivity contribution in [1.29, 1.82) is 0 Å². The van der Waals surface area contributed by atoms with Crippen molar-refractivity contribution < 1.29 is 24.3 Å². The average molecular weight is 345 g/mol. The van der Waals surface area contributed by atoms with E-state index in [0.717, 1.165) is 0 Å². The van der Waals surface area contributed by atoms with Gasteiger partial charge in [-0.25, -0.2) is 0 Å². The molecular formula is C17H19N3O5. The van der Waals surface area contributed by atoms with Crippen LogP contribution in [0.25, 0.3) is 0 Å². The van der Waals surface area contributed by atoms with E-state index < -0.39 is 18.1 Å². The second-order valence-corrected chi connectivity index (χ2v) is 6.33. The van der Waals surface area contributed by atoms with Crippen LogP contribution in [0.5, 0.6) is 0 Å². The molecule has 1 aromatic carbocycles. The Morgan fingerprint density at radius 2 is 2.16 bits per heavy atom. The summed E-state index contributed by atoms with van der Waals surface area (Å²) < 4.78 is 0. The predicted octanol–water partition coefficient (Wildman–Crippen LogP) is -0.442. The van der Waals surface area contributed by atoms with E-state index in [2.05, 4.69) is 10.6 Å². The number of hydrogen-bond acceptors (Lipinski definition) is 5. The number of fused-ring (bicyclic) bond motifs is 1. The lowest BCUT2D eigenvalue weighted by molar-refractivity contribution is -0.136. The van der Waals surface area contributed by atoms with Gasteiger partial charge in [-0.05, 0) is 37.1 Å². The first-order chi connectivity index (χ1) is 11.9. The van der Waals surface area contributed by atoms with Crippen LogP contribution < -0.4 is 10.6 Å². The number of benzene rings is 1. The van der Waals surface area contributed by atoms with E-state index in [4.69, 9.17) is 0 Å². The molecule has 1 aromatic rings. The summed E-state index contributed by atoms with van der Waals surface area (Å²) in [5, 5.41) is 14.1. The third kappa shape index (κ3) is 3.39. The standard InChI is InChI=1S/C17H19N3O5/c1-9(21)7-18-15(23)10-2-3-12-11(6-10)8-20(17(12)25)13-4-5-14(22)19-16(13)24/h2-3,6,9,13,21H,4-5,7-8H2,1H3,(H,18,23)(H,19,22,24). The lowest BCUT2D eigenvalue weighted by Crippen LogP contribution is -2.52. The highest BCUT2D eigenvalue weighted by molar-refractivity contribution is 6.06. The molecule has 4 amide bonds. The van der Waals surface area contributed by atoms with Crippen molar-refractivity contribution in [2.75, 3.05) is 6.54 Å². The molecule has 0 saturated carbocycles. The quantitative estimate of drug-likeness (QED) is 0.640. The van der Waals surface area contributed by atoms with Gasteiger partial charge >= 0.3 is 0 Å². The molecule has 0 aliphatic carbocycles. The lowest BCUT2D eigenvalue weighted by atomic mass is 10.0. The van der Waals surface area contributed by atoms with Crippen LogP contribution in [0, 0.1) is 0 Å². The van der Waals surface area contributed by atoms with Gasteiger partial charge in [0, 0.05) is 30.6 Å². The molecule has 2 atom stereocenters. The van der Waals surface area contributed by atoms with Gasteiger partial charge in [-0.2, -0.15) is 0 Å². The summed E-state index contributed by atoms with van der Waals surface area (Å²) in [5.41, 5.74) is 1.51. The average Bonchev–Trinajstić information content (AvgIpc) is 2.89. The molecule has 0 aromatic heterocycles. The maximum atomic E-state index is 12.5. The summed E-state index contributed by atoms with van der Waals surface area (Å²) in [6, 6.07) is 4.06. The summed E-state index contributed by atoms with van der Waals surface area (Å²) in [5.74, 6) is -1.41. The van der Waals surface area contributed by atoms with Crippen molar-refractivity contribution in [3.8, 4) is 0 Å². The summed E-state index contributed by atoms with van der Waals surface area (Å²) >= 11 is 0. The van der Waals surface area contributed by atoms with Gasteiger partial charge in [0.15, 0.2) is 0 Å². The van der Waals surface area contributed by atoms with E-state index in [0.29, 0.717) is 23.1 Å². The van der Waals surface area contributed by atoms with Crippen LogP contribution >= 0.6 is 0 Å². The molecule has 3 N–H and O–H groups in total. The molecule has 0 spiro atoms. The van der Waals surface area contributed by atoms with Crippen molar-refractivity contribution in [3.63, 3.8) is 0 Å². The van der Waals surface area contributed by atoms with E-state index in [1.165, 1.54) is 4.90 Å². The highest BCUT2D eigenvalue weighted by Gasteiger charge is 2.39. The van der Waals surface area contributed by atoms with Gasteiger partial charge in [0.25, 0.3) is 11.8 Å². The number of hydrogen-bond donors (Lipinski definition) is 3. The molecule has 132 valence electrons. The molecule has 0 bridgehead atoms. The summed E-state index contributed by atoms with van der Waals surface area (Å²) in [7, 11) is 0. The topological polar surface area (TPSA) is 116 Å². The van der Waals surface area contributed by atoms with Crippen molar-refractivity contribution in [1.82, 2.24) is 15.5 Å². The Morgan fingerprint density at radius 1 is 1.40 bits per heavy atom. The van der Waals surface area contributed by atoms with Gasteiger partial charge in [-0.15, -0.1) is 0 Å². The largest absolute Gasteiger partial charge is 0.392 e.